The van der Waals surface area contributed by atoms with E-state index in [4.69, 9.17) is 9.84 Å². The van der Waals surface area contributed by atoms with Crippen LogP contribution in [0.2, 0.25) is 0 Å². The lowest BCUT2D eigenvalue weighted by atomic mass is 9.90. The van der Waals surface area contributed by atoms with Crippen LogP contribution in [0.4, 0.5) is 0 Å². The monoisotopic (exact) mass is 238 g/mol. The van der Waals surface area contributed by atoms with E-state index < -0.39 is 11.4 Å². The molecule has 0 bridgehead atoms. The topological polar surface area (TPSA) is 64.3 Å². The van der Waals surface area contributed by atoms with E-state index in [1.165, 1.54) is 0 Å². The standard InChI is InChI=1S/C12H18N2O3/c1-12(2,11(15)16)9-6-7-14(13-9)10-5-3-4-8-17-10/h6-7,10H,3-5,8H2,1-2H3,(H,15,16). The van der Waals surface area contributed by atoms with Crippen molar-refractivity contribution in [2.75, 3.05) is 6.61 Å². The highest BCUT2D eigenvalue weighted by Gasteiger charge is 2.32. The maximum Gasteiger partial charge on any atom is 0.315 e. The third kappa shape index (κ3) is 2.34. The second-order valence-electron chi connectivity index (χ2n) is 4.93. The van der Waals surface area contributed by atoms with Crippen LogP contribution < -0.4 is 0 Å². The fraction of sp³-hybridized carbons (Fsp3) is 0.667. The van der Waals surface area contributed by atoms with Crippen molar-refractivity contribution in [2.24, 2.45) is 0 Å². The summed E-state index contributed by atoms with van der Waals surface area (Å²) in [6, 6.07) is 1.76. The first-order chi connectivity index (χ1) is 8.01. The molecular weight excluding hydrogens is 220 g/mol. The van der Waals surface area contributed by atoms with E-state index in [1.807, 2.05) is 0 Å². The molecule has 1 unspecified atom stereocenters. The lowest BCUT2D eigenvalue weighted by Crippen LogP contribution is -2.29. The largest absolute Gasteiger partial charge is 0.481 e. The zero-order chi connectivity index (χ0) is 12.5. The Kier molecular flexibility index (Phi) is 3.19. The molecule has 0 radical (unpaired) electrons. The molecule has 0 aromatic carbocycles. The second-order valence-corrected chi connectivity index (χ2v) is 4.93. The number of ether oxygens (including phenoxy) is 1. The molecule has 1 aliphatic heterocycles. The van der Waals surface area contributed by atoms with Crippen LogP contribution in [0.25, 0.3) is 0 Å². The molecule has 1 aromatic rings. The molecule has 1 aliphatic rings. The minimum Gasteiger partial charge on any atom is -0.481 e. The summed E-state index contributed by atoms with van der Waals surface area (Å²) in [5.41, 5.74) is -0.390. The van der Waals surface area contributed by atoms with Crippen molar-refractivity contribution in [3.05, 3.63) is 18.0 Å². The normalized spacial score (nSPS) is 21.4. The third-order valence-corrected chi connectivity index (χ3v) is 3.23. The zero-order valence-electron chi connectivity index (χ0n) is 10.2. The maximum atomic E-state index is 11.1. The Morgan fingerprint density at radius 2 is 2.35 bits per heavy atom. The molecule has 0 amide bonds. The van der Waals surface area contributed by atoms with Gasteiger partial charge in [-0.2, -0.15) is 5.10 Å². The van der Waals surface area contributed by atoms with Gasteiger partial charge in [0.2, 0.25) is 0 Å². The van der Waals surface area contributed by atoms with Crippen LogP contribution in [0.1, 0.15) is 45.0 Å². The van der Waals surface area contributed by atoms with Crippen molar-refractivity contribution in [1.29, 1.82) is 0 Å². The van der Waals surface area contributed by atoms with Crippen LogP contribution in [0, 0.1) is 0 Å². The lowest BCUT2D eigenvalue weighted by Gasteiger charge is -2.23. The van der Waals surface area contributed by atoms with Crippen molar-refractivity contribution in [2.45, 2.75) is 44.8 Å². The van der Waals surface area contributed by atoms with Crippen LogP contribution in [-0.4, -0.2) is 27.5 Å². The molecule has 0 saturated carbocycles. The summed E-state index contributed by atoms with van der Waals surface area (Å²) in [6.45, 7) is 4.07. The number of hydrogen-bond donors (Lipinski definition) is 1. The molecular formula is C12H18N2O3. The van der Waals surface area contributed by atoms with Gasteiger partial charge in [0.05, 0.1) is 5.69 Å². The first kappa shape index (κ1) is 12.1. The van der Waals surface area contributed by atoms with Crippen molar-refractivity contribution < 1.29 is 14.6 Å². The average molecular weight is 238 g/mol. The smallest absolute Gasteiger partial charge is 0.315 e. The van der Waals surface area contributed by atoms with Gasteiger partial charge in [-0.25, -0.2) is 4.68 Å². The third-order valence-electron chi connectivity index (χ3n) is 3.23. The molecule has 1 saturated heterocycles. The van der Waals surface area contributed by atoms with Crippen LogP contribution >= 0.6 is 0 Å². The van der Waals surface area contributed by atoms with E-state index >= 15 is 0 Å². The number of hydrogen-bond acceptors (Lipinski definition) is 3. The Hall–Kier alpha value is -1.36. The number of carbonyl (C=O) groups is 1. The van der Waals surface area contributed by atoms with Gasteiger partial charge in [-0.05, 0) is 39.2 Å². The van der Waals surface area contributed by atoms with Gasteiger partial charge in [0.1, 0.15) is 11.6 Å². The summed E-state index contributed by atoms with van der Waals surface area (Å²) >= 11 is 0. The number of carboxylic acid groups (broad SMARTS) is 1. The first-order valence-electron chi connectivity index (χ1n) is 5.92. The lowest BCUT2D eigenvalue weighted by molar-refractivity contribution is -0.142. The van der Waals surface area contributed by atoms with Crippen molar-refractivity contribution in [3.63, 3.8) is 0 Å². The highest BCUT2D eigenvalue weighted by Crippen LogP contribution is 2.25. The molecule has 1 N–H and O–H groups in total. The molecule has 5 nitrogen and oxygen atoms in total. The van der Waals surface area contributed by atoms with Crippen LogP contribution in [0.15, 0.2) is 12.3 Å². The van der Waals surface area contributed by atoms with Crippen LogP contribution in [0.3, 0.4) is 0 Å². The van der Waals surface area contributed by atoms with E-state index in [-0.39, 0.29) is 6.23 Å². The van der Waals surface area contributed by atoms with E-state index in [9.17, 15) is 4.79 Å². The summed E-state index contributed by atoms with van der Waals surface area (Å²) in [4.78, 5) is 11.1. The summed E-state index contributed by atoms with van der Waals surface area (Å²) in [7, 11) is 0. The Morgan fingerprint density at radius 3 is 2.94 bits per heavy atom. The predicted octanol–water partition coefficient (Wildman–Crippen LogP) is 1.94. The average Bonchev–Trinajstić information content (AvgIpc) is 2.80. The van der Waals surface area contributed by atoms with Crippen LogP contribution in [-0.2, 0) is 14.9 Å². The Bertz CT molecular complexity index is 406. The molecule has 2 heterocycles. The number of aliphatic carboxylic acids is 1. The van der Waals surface area contributed by atoms with Gasteiger partial charge in [-0.3, -0.25) is 4.79 Å². The minimum atomic E-state index is -0.958. The number of rotatable bonds is 3. The second kappa shape index (κ2) is 4.49. The molecule has 1 atom stereocenters. The molecule has 17 heavy (non-hydrogen) atoms. The van der Waals surface area contributed by atoms with Crippen molar-refractivity contribution >= 4 is 5.97 Å². The van der Waals surface area contributed by atoms with Crippen LogP contribution in [0.5, 0.6) is 0 Å². The number of aromatic nitrogens is 2. The van der Waals surface area contributed by atoms with Gasteiger partial charge in [0, 0.05) is 12.8 Å². The van der Waals surface area contributed by atoms with Gasteiger partial charge in [-0.1, -0.05) is 0 Å². The summed E-state index contributed by atoms with van der Waals surface area (Å²) in [5.74, 6) is -0.868. The van der Waals surface area contributed by atoms with E-state index in [1.54, 1.807) is 30.8 Å². The highest BCUT2D eigenvalue weighted by atomic mass is 16.5. The Labute approximate surface area is 100 Å². The minimum absolute atomic E-state index is 0.0397. The fourth-order valence-electron chi connectivity index (χ4n) is 1.87. The van der Waals surface area contributed by atoms with E-state index in [0.717, 1.165) is 25.9 Å². The maximum absolute atomic E-state index is 11.1. The molecule has 5 heteroatoms. The molecule has 0 spiro atoms. The van der Waals surface area contributed by atoms with Gasteiger partial charge in [0.25, 0.3) is 0 Å². The van der Waals surface area contributed by atoms with E-state index in [0.29, 0.717) is 5.69 Å². The fourth-order valence-corrected chi connectivity index (χ4v) is 1.87. The SMILES string of the molecule is CC(C)(C(=O)O)c1ccn(C2CCCCO2)n1. The van der Waals surface area contributed by atoms with Gasteiger partial charge >= 0.3 is 5.97 Å². The zero-order valence-corrected chi connectivity index (χ0v) is 10.2. The van der Waals surface area contributed by atoms with Crippen molar-refractivity contribution in [3.8, 4) is 0 Å². The first-order valence-corrected chi connectivity index (χ1v) is 5.92. The Balaban J connectivity index is 2.17. The number of carboxylic acids is 1. The number of nitrogens with zero attached hydrogens (tertiary/aromatic N) is 2. The van der Waals surface area contributed by atoms with Gasteiger partial charge in [-0.15, -0.1) is 0 Å². The summed E-state index contributed by atoms with van der Waals surface area (Å²) in [6.07, 6.45) is 4.92. The highest BCUT2D eigenvalue weighted by molar-refractivity contribution is 5.79. The van der Waals surface area contributed by atoms with Crippen molar-refractivity contribution in [1.82, 2.24) is 9.78 Å². The predicted molar refractivity (Wildman–Crippen MR) is 61.7 cm³/mol. The quantitative estimate of drug-likeness (QED) is 0.874. The van der Waals surface area contributed by atoms with Gasteiger partial charge in [0.15, 0.2) is 0 Å². The summed E-state index contributed by atoms with van der Waals surface area (Å²) < 4.78 is 7.34. The van der Waals surface area contributed by atoms with Gasteiger partial charge < -0.3 is 9.84 Å². The molecule has 1 fully saturated rings. The summed E-state index contributed by atoms with van der Waals surface area (Å²) in [5, 5.41) is 13.5. The molecule has 2 rings (SSSR count). The molecule has 1 aromatic heterocycles. The molecule has 0 aliphatic carbocycles. The molecule has 94 valence electrons. The Morgan fingerprint density at radius 1 is 1.59 bits per heavy atom. The van der Waals surface area contributed by atoms with E-state index in [2.05, 4.69) is 5.10 Å².